The molecule has 1 aromatic rings. The van der Waals surface area contributed by atoms with Gasteiger partial charge < -0.3 is 14.2 Å². The van der Waals surface area contributed by atoms with Crippen molar-refractivity contribution in [3.63, 3.8) is 0 Å². The van der Waals surface area contributed by atoms with Gasteiger partial charge >= 0.3 is 5.97 Å². The smallest absolute Gasteiger partial charge is 0.360 e. The normalized spacial score (nSPS) is 10.8. The highest BCUT2D eigenvalue weighted by Crippen LogP contribution is 2.05. The Morgan fingerprint density at radius 3 is 2.75 bits per heavy atom. The molecule has 0 saturated heterocycles. The van der Waals surface area contributed by atoms with E-state index in [2.05, 4.69) is 17.2 Å². The van der Waals surface area contributed by atoms with Crippen molar-refractivity contribution in [2.24, 2.45) is 0 Å². The van der Waals surface area contributed by atoms with Crippen molar-refractivity contribution in [3.05, 3.63) is 11.4 Å². The molecule has 0 aromatic carbocycles. The summed E-state index contributed by atoms with van der Waals surface area (Å²) in [5.74, 6) is -0.474. The maximum atomic E-state index is 11.7. The number of carbonyl (C=O) groups is 1. The summed E-state index contributed by atoms with van der Waals surface area (Å²) < 4.78 is 16.9. The molecule has 0 bridgehead atoms. The Kier molecular flexibility index (Phi) is 7.82. The van der Waals surface area contributed by atoms with Crippen LogP contribution in [0.5, 0.6) is 0 Å². The third-order valence-electron chi connectivity index (χ3n) is 2.79. The van der Waals surface area contributed by atoms with Crippen LogP contribution in [0, 0.1) is 6.92 Å². The fraction of sp³-hybridized carbons (Fsp3) is 0.769. The number of nitrogens with zero attached hydrogens (tertiary/aromatic N) is 3. The van der Waals surface area contributed by atoms with Gasteiger partial charge in [0.15, 0.2) is 5.69 Å². The number of unbranched alkanes of at least 4 members (excludes halogenated alkanes) is 1. The lowest BCUT2D eigenvalue weighted by atomic mass is 10.3. The summed E-state index contributed by atoms with van der Waals surface area (Å²) in [6, 6.07) is 0. The van der Waals surface area contributed by atoms with Gasteiger partial charge in [-0.05, 0) is 13.3 Å². The Morgan fingerprint density at radius 2 is 2.05 bits per heavy atom. The number of carbonyl (C=O) groups excluding carboxylic acids is 1. The highest BCUT2D eigenvalue weighted by molar-refractivity contribution is 5.88. The van der Waals surface area contributed by atoms with Crippen molar-refractivity contribution >= 4 is 5.97 Å². The summed E-state index contributed by atoms with van der Waals surface area (Å²) >= 11 is 0. The van der Waals surface area contributed by atoms with Crippen molar-refractivity contribution in [1.82, 2.24) is 15.0 Å². The lowest BCUT2D eigenvalue weighted by Crippen LogP contribution is -2.13. The monoisotopic (exact) mass is 285 g/mol. The van der Waals surface area contributed by atoms with Gasteiger partial charge in [-0.3, -0.25) is 0 Å². The highest BCUT2D eigenvalue weighted by Gasteiger charge is 2.17. The van der Waals surface area contributed by atoms with Gasteiger partial charge in [-0.15, -0.1) is 5.10 Å². The van der Waals surface area contributed by atoms with Crippen LogP contribution < -0.4 is 0 Å². The molecule has 0 saturated carbocycles. The number of methoxy groups -OCH3 is 1. The quantitative estimate of drug-likeness (QED) is 0.475. The van der Waals surface area contributed by atoms with Crippen LogP contribution >= 0.6 is 0 Å². The molecule has 0 aliphatic heterocycles. The van der Waals surface area contributed by atoms with Crippen molar-refractivity contribution in [2.45, 2.75) is 33.2 Å². The SMILES string of the molecule is CCCCOCCn1nnc(C(=O)OCCOC)c1C. The Labute approximate surface area is 119 Å². The van der Waals surface area contributed by atoms with E-state index in [-0.39, 0.29) is 12.3 Å². The Hall–Kier alpha value is -1.47. The van der Waals surface area contributed by atoms with Crippen LogP contribution in [-0.2, 0) is 20.8 Å². The summed E-state index contributed by atoms with van der Waals surface area (Å²) in [6.07, 6.45) is 2.16. The molecule has 0 atom stereocenters. The lowest BCUT2D eigenvalue weighted by molar-refractivity contribution is 0.0380. The molecule has 20 heavy (non-hydrogen) atoms. The minimum absolute atomic E-state index is 0.210. The van der Waals surface area contributed by atoms with Crippen LogP contribution in [0.15, 0.2) is 0 Å². The van der Waals surface area contributed by atoms with Crippen molar-refractivity contribution in [3.8, 4) is 0 Å². The molecule has 7 heteroatoms. The van der Waals surface area contributed by atoms with Gasteiger partial charge in [0, 0.05) is 13.7 Å². The maximum Gasteiger partial charge on any atom is 0.360 e. The van der Waals surface area contributed by atoms with Crippen LogP contribution in [0.25, 0.3) is 0 Å². The first-order valence-corrected chi connectivity index (χ1v) is 6.84. The second-order valence-electron chi connectivity index (χ2n) is 4.34. The molecular formula is C13H23N3O4. The molecule has 7 nitrogen and oxygen atoms in total. The lowest BCUT2D eigenvalue weighted by Gasteiger charge is -2.05. The van der Waals surface area contributed by atoms with Gasteiger partial charge in [-0.2, -0.15) is 0 Å². The molecule has 0 amide bonds. The molecule has 0 aliphatic carbocycles. The van der Waals surface area contributed by atoms with Gasteiger partial charge in [0.1, 0.15) is 6.61 Å². The number of rotatable bonds is 10. The summed E-state index contributed by atoms with van der Waals surface area (Å²) in [4.78, 5) is 11.7. The molecule has 0 radical (unpaired) electrons. The standard InChI is InChI=1S/C13H23N3O4/c1-4-5-7-19-8-6-16-11(2)12(14-15-16)13(17)20-10-9-18-3/h4-10H2,1-3H3. The Balaban J connectivity index is 2.41. The predicted molar refractivity (Wildman–Crippen MR) is 72.6 cm³/mol. The summed E-state index contributed by atoms with van der Waals surface area (Å²) in [6.45, 7) is 6.36. The van der Waals surface area contributed by atoms with Crippen LogP contribution in [-0.4, -0.2) is 54.5 Å². The average Bonchev–Trinajstić information content (AvgIpc) is 2.80. The van der Waals surface area contributed by atoms with Gasteiger partial charge in [-0.1, -0.05) is 18.6 Å². The molecule has 1 heterocycles. The van der Waals surface area contributed by atoms with Gasteiger partial charge in [0.25, 0.3) is 0 Å². The topological polar surface area (TPSA) is 75.5 Å². The Bertz CT molecular complexity index is 406. The second-order valence-corrected chi connectivity index (χ2v) is 4.34. The molecule has 0 unspecified atom stereocenters. The number of ether oxygens (including phenoxy) is 3. The molecule has 1 aromatic heterocycles. The third kappa shape index (κ3) is 5.26. The Morgan fingerprint density at radius 1 is 1.25 bits per heavy atom. The first-order chi connectivity index (χ1) is 9.70. The van der Waals surface area contributed by atoms with E-state index >= 15 is 0 Å². The molecule has 1 rings (SSSR count). The van der Waals surface area contributed by atoms with Crippen molar-refractivity contribution in [2.75, 3.05) is 33.5 Å². The molecule has 0 spiro atoms. The molecule has 114 valence electrons. The molecule has 0 fully saturated rings. The van der Waals surface area contributed by atoms with Crippen LogP contribution in [0.3, 0.4) is 0 Å². The maximum absolute atomic E-state index is 11.7. The van der Waals surface area contributed by atoms with Crippen molar-refractivity contribution < 1.29 is 19.0 Å². The molecule has 0 N–H and O–H groups in total. The summed E-state index contributed by atoms with van der Waals surface area (Å²) in [5, 5.41) is 7.79. The van der Waals surface area contributed by atoms with E-state index in [0.717, 1.165) is 19.4 Å². The van der Waals surface area contributed by atoms with E-state index < -0.39 is 5.97 Å². The zero-order valence-electron chi connectivity index (χ0n) is 12.4. The predicted octanol–water partition coefficient (Wildman–Crippen LogP) is 1.21. The number of esters is 1. The average molecular weight is 285 g/mol. The second kappa shape index (κ2) is 9.44. The number of hydrogen-bond donors (Lipinski definition) is 0. The minimum Gasteiger partial charge on any atom is -0.458 e. The first kappa shape index (κ1) is 16.6. The fourth-order valence-electron chi connectivity index (χ4n) is 1.55. The van der Waals surface area contributed by atoms with E-state index in [9.17, 15) is 4.79 Å². The molecular weight excluding hydrogens is 262 g/mol. The van der Waals surface area contributed by atoms with E-state index in [1.54, 1.807) is 18.7 Å². The fourth-order valence-corrected chi connectivity index (χ4v) is 1.55. The van der Waals surface area contributed by atoms with Crippen LogP contribution in [0.2, 0.25) is 0 Å². The van der Waals surface area contributed by atoms with Crippen LogP contribution in [0.1, 0.15) is 35.9 Å². The highest BCUT2D eigenvalue weighted by atomic mass is 16.6. The van der Waals surface area contributed by atoms with E-state index in [0.29, 0.717) is 25.5 Å². The number of hydrogen-bond acceptors (Lipinski definition) is 6. The zero-order chi connectivity index (χ0) is 14.8. The van der Waals surface area contributed by atoms with Gasteiger partial charge in [0.05, 0.1) is 25.5 Å². The largest absolute Gasteiger partial charge is 0.458 e. The van der Waals surface area contributed by atoms with Gasteiger partial charge in [-0.25, -0.2) is 9.48 Å². The van der Waals surface area contributed by atoms with E-state index in [4.69, 9.17) is 14.2 Å². The summed E-state index contributed by atoms with van der Waals surface area (Å²) in [5.41, 5.74) is 0.932. The zero-order valence-corrected chi connectivity index (χ0v) is 12.4. The first-order valence-electron chi connectivity index (χ1n) is 6.84. The third-order valence-corrected chi connectivity index (χ3v) is 2.79. The van der Waals surface area contributed by atoms with Gasteiger partial charge in [0.2, 0.25) is 0 Å². The van der Waals surface area contributed by atoms with E-state index in [1.165, 1.54) is 0 Å². The number of aromatic nitrogens is 3. The van der Waals surface area contributed by atoms with Crippen molar-refractivity contribution in [1.29, 1.82) is 0 Å². The van der Waals surface area contributed by atoms with Crippen LogP contribution in [0.4, 0.5) is 0 Å². The summed E-state index contributed by atoms with van der Waals surface area (Å²) in [7, 11) is 1.55. The molecule has 0 aliphatic rings. The van der Waals surface area contributed by atoms with E-state index in [1.807, 2.05) is 0 Å². The minimum atomic E-state index is -0.474.